The van der Waals surface area contributed by atoms with E-state index in [1.807, 2.05) is 0 Å². The molecule has 0 saturated heterocycles. The van der Waals surface area contributed by atoms with Gasteiger partial charge in [0.15, 0.2) is 13.6 Å². The molecule has 0 aliphatic carbocycles. The van der Waals surface area contributed by atoms with Crippen molar-refractivity contribution in [3.8, 4) is 0 Å². The van der Waals surface area contributed by atoms with E-state index in [-0.39, 0.29) is 40.7 Å². The molecule has 0 spiro atoms. The Morgan fingerprint density at radius 1 is 0.889 bits per heavy atom. The van der Waals surface area contributed by atoms with Crippen LogP contribution in [0.25, 0.3) is 0 Å². The molecule has 0 amide bonds. The van der Waals surface area contributed by atoms with Crippen molar-refractivity contribution in [3.63, 3.8) is 0 Å². The Bertz CT molecular complexity index is 712. The van der Waals surface area contributed by atoms with Gasteiger partial charge in [0.25, 0.3) is 15.6 Å². The van der Waals surface area contributed by atoms with Gasteiger partial charge in [0.05, 0.1) is 0 Å². The lowest BCUT2D eigenvalue weighted by atomic mass is 10.1. The molecule has 12 nitrogen and oxygen atoms in total. The zero-order valence-corrected chi connectivity index (χ0v) is 18.7. The highest BCUT2D eigenvalue weighted by Gasteiger charge is 2.16. The fourth-order valence-electron chi connectivity index (χ4n) is 1.33. The standard InChI is InChI=1S/C9H20O12P4S2/c1-9(6-8-27-25(18,19)21-23(13,14)15)5-3-2-4-7-26-24(16,17)20-22(10,11)12/h2,4H,1,3,5-8H2,(H,16,17)(H,18,19)(H2,10,11,12)(H2,13,14,15)/p-4/b4-2-. The fourth-order valence-corrected chi connectivity index (χ4v) is 8.86. The normalized spacial score (nSPS) is 21.1. The van der Waals surface area contributed by atoms with Gasteiger partial charge in [-0.1, -0.05) is 47.1 Å². The van der Waals surface area contributed by atoms with Gasteiger partial charge < -0.3 is 29.4 Å². The van der Waals surface area contributed by atoms with Gasteiger partial charge in [-0.3, -0.25) is 26.9 Å². The van der Waals surface area contributed by atoms with Crippen LogP contribution in [0.3, 0.4) is 0 Å². The average Bonchev–Trinajstić information content (AvgIpc) is 2.36. The summed E-state index contributed by atoms with van der Waals surface area (Å²) < 4.78 is 50.1. The average molecular weight is 504 g/mol. The lowest BCUT2D eigenvalue weighted by molar-refractivity contribution is -0.226. The van der Waals surface area contributed by atoms with E-state index in [4.69, 9.17) is 9.79 Å². The molecule has 4 atom stereocenters. The molecule has 18 heteroatoms. The van der Waals surface area contributed by atoms with Crippen LogP contribution in [0.5, 0.6) is 0 Å². The molecular weight excluding hydrogens is 488 g/mol. The third-order valence-electron chi connectivity index (χ3n) is 2.27. The summed E-state index contributed by atoms with van der Waals surface area (Å²) in [6.45, 7) is -5.89. The quantitative estimate of drug-likeness (QED) is 0.245. The molecule has 0 fully saturated rings. The molecule has 0 bridgehead atoms. The highest BCUT2D eigenvalue weighted by atomic mass is 32.7. The summed E-state index contributed by atoms with van der Waals surface area (Å²) in [6.07, 6.45) is 4.05. The minimum absolute atomic E-state index is 0.0493. The Hall–Kier alpha value is 0.780. The maximum absolute atomic E-state index is 11.2. The second-order valence-electron chi connectivity index (χ2n) is 4.63. The molecular formula is C9H16O12P4S2-4. The van der Waals surface area contributed by atoms with Crippen LogP contribution >= 0.6 is 52.0 Å². The molecule has 0 saturated carbocycles. The van der Waals surface area contributed by atoms with E-state index in [9.17, 15) is 37.8 Å². The molecule has 0 heterocycles. The lowest BCUT2D eigenvalue weighted by Crippen LogP contribution is -2.07. The van der Waals surface area contributed by atoms with Gasteiger partial charge in [0.1, 0.15) is 0 Å². The van der Waals surface area contributed by atoms with E-state index < -0.39 is 29.2 Å². The molecule has 27 heavy (non-hydrogen) atoms. The SMILES string of the molecule is C=C(CC/C=C\CSP(=O)([O-])OP(=O)([O-])O)CCSP(=O)([O-])OP(=O)([O-])O. The summed E-state index contributed by atoms with van der Waals surface area (Å²) in [7, 11) is -10.8. The van der Waals surface area contributed by atoms with E-state index in [0.29, 0.717) is 18.4 Å². The van der Waals surface area contributed by atoms with Crippen LogP contribution < -0.4 is 19.6 Å². The van der Waals surface area contributed by atoms with Gasteiger partial charge >= 0.3 is 0 Å². The maximum Gasteiger partial charge on any atom is 0.270 e. The van der Waals surface area contributed by atoms with Crippen LogP contribution in [-0.2, 0) is 26.9 Å². The van der Waals surface area contributed by atoms with Crippen LogP contribution in [0.1, 0.15) is 19.3 Å². The largest absolute Gasteiger partial charge is 0.770 e. The number of allylic oxidation sites excluding steroid dienone is 2. The highest BCUT2D eigenvalue weighted by Crippen LogP contribution is 2.61. The lowest BCUT2D eigenvalue weighted by Gasteiger charge is -2.27. The zero-order valence-electron chi connectivity index (χ0n) is 13.5. The Morgan fingerprint density at radius 3 is 1.85 bits per heavy atom. The molecule has 4 unspecified atom stereocenters. The van der Waals surface area contributed by atoms with Crippen molar-refractivity contribution in [2.75, 3.05) is 11.5 Å². The molecule has 2 N–H and O–H groups in total. The molecule has 0 radical (unpaired) electrons. The minimum Gasteiger partial charge on any atom is -0.770 e. The molecule has 0 rings (SSSR count). The molecule has 160 valence electrons. The third-order valence-corrected chi connectivity index (χ3v) is 11.0. The summed E-state index contributed by atoms with van der Waals surface area (Å²) in [5, 5.41) is 0. The van der Waals surface area contributed by atoms with Crippen molar-refractivity contribution in [1.29, 1.82) is 0 Å². The molecule has 0 aromatic carbocycles. The molecule has 0 aromatic rings. The first-order valence-corrected chi connectivity index (χ1v) is 16.0. The number of hydrogen-bond acceptors (Lipinski definition) is 12. The summed E-state index contributed by atoms with van der Waals surface area (Å²) in [4.78, 5) is 59.7. The maximum atomic E-state index is 11.2. The highest BCUT2D eigenvalue weighted by molar-refractivity contribution is 8.55. The minimum atomic E-state index is -5.38. The van der Waals surface area contributed by atoms with Crippen LogP contribution in [0.15, 0.2) is 24.3 Å². The van der Waals surface area contributed by atoms with E-state index in [2.05, 4.69) is 15.2 Å². The Morgan fingerprint density at radius 2 is 1.37 bits per heavy atom. The van der Waals surface area contributed by atoms with Gasteiger partial charge in [0.2, 0.25) is 0 Å². The number of hydrogen-bond donors (Lipinski definition) is 2. The number of rotatable bonds is 14. The van der Waals surface area contributed by atoms with Gasteiger partial charge in [-0.05, 0) is 19.3 Å². The van der Waals surface area contributed by atoms with E-state index in [0.717, 1.165) is 0 Å². The van der Waals surface area contributed by atoms with Crippen molar-refractivity contribution >= 4 is 52.0 Å². The smallest absolute Gasteiger partial charge is 0.270 e. The first kappa shape index (κ1) is 27.8. The summed E-state index contributed by atoms with van der Waals surface area (Å²) in [5.74, 6) is -0.178. The summed E-state index contributed by atoms with van der Waals surface area (Å²) in [6, 6.07) is 0. The monoisotopic (exact) mass is 504 g/mol. The van der Waals surface area contributed by atoms with Gasteiger partial charge in [-0.25, -0.2) is 0 Å². The van der Waals surface area contributed by atoms with Gasteiger partial charge in [-0.15, -0.1) is 0 Å². The number of phosphoric acid groups is 2. The molecule has 0 aromatic heterocycles. The van der Waals surface area contributed by atoms with Gasteiger partial charge in [0, 0.05) is 11.5 Å². The van der Waals surface area contributed by atoms with Crippen molar-refractivity contribution in [2.24, 2.45) is 0 Å². The van der Waals surface area contributed by atoms with Crippen molar-refractivity contribution in [3.05, 3.63) is 24.3 Å². The van der Waals surface area contributed by atoms with E-state index in [1.165, 1.54) is 6.08 Å². The second kappa shape index (κ2) is 11.8. The topological polar surface area (TPSA) is 219 Å². The zero-order chi connectivity index (χ0) is 21.4. The first-order valence-electron chi connectivity index (χ1n) is 6.74. The van der Waals surface area contributed by atoms with Crippen molar-refractivity contribution < 1.29 is 56.2 Å². The molecule has 0 aliphatic rings. The molecule has 0 aliphatic heterocycles. The van der Waals surface area contributed by atoms with Crippen molar-refractivity contribution in [1.82, 2.24) is 0 Å². The van der Waals surface area contributed by atoms with Crippen LogP contribution in [0, 0.1) is 0 Å². The Balaban J connectivity index is 4.02. The second-order valence-corrected chi connectivity index (χ2v) is 15.1. The van der Waals surface area contributed by atoms with Crippen LogP contribution in [0.2, 0.25) is 0 Å². The Kier molecular flexibility index (Phi) is 12.2. The first-order chi connectivity index (χ1) is 12.0. The summed E-state index contributed by atoms with van der Waals surface area (Å²) >= 11 is 0.373. The van der Waals surface area contributed by atoms with Gasteiger partial charge in [-0.2, -0.15) is 0 Å². The summed E-state index contributed by atoms with van der Waals surface area (Å²) in [5.41, 5.74) is 0.625. The Labute approximate surface area is 163 Å². The van der Waals surface area contributed by atoms with Crippen LogP contribution in [-0.4, -0.2) is 21.3 Å². The predicted molar refractivity (Wildman–Crippen MR) is 94.1 cm³/mol. The van der Waals surface area contributed by atoms with E-state index in [1.54, 1.807) is 6.08 Å². The van der Waals surface area contributed by atoms with Crippen molar-refractivity contribution in [2.45, 2.75) is 19.3 Å². The fraction of sp³-hybridized carbons (Fsp3) is 0.556. The van der Waals surface area contributed by atoms with Crippen LogP contribution in [0.4, 0.5) is 0 Å². The third kappa shape index (κ3) is 18.5. The predicted octanol–water partition coefficient (Wildman–Crippen LogP) is 0.627. The van der Waals surface area contributed by atoms with E-state index >= 15 is 0 Å².